The Hall–Kier alpha value is -1.62. The first-order chi connectivity index (χ1) is 9.09. The smallest absolute Gasteiger partial charge is 0.255 e. The molecular formula is C14H21N3O2. The van der Waals surface area contributed by atoms with Crippen LogP contribution >= 0.6 is 0 Å². The van der Waals surface area contributed by atoms with E-state index in [9.17, 15) is 9.90 Å². The number of aromatic nitrogens is 1. The molecule has 19 heavy (non-hydrogen) atoms. The summed E-state index contributed by atoms with van der Waals surface area (Å²) in [5, 5.41) is 12.6. The van der Waals surface area contributed by atoms with Crippen LogP contribution in [0.3, 0.4) is 0 Å². The van der Waals surface area contributed by atoms with Gasteiger partial charge in [0.25, 0.3) is 5.91 Å². The van der Waals surface area contributed by atoms with Gasteiger partial charge < -0.3 is 15.3 Å². The molecule has 1 aliphatic carbocycles. The normalized spacial score (nSPS) is 22.3. The summed E-state index contributed by atoms with van der Waals surface area (Å²) in [6, 6.07) is 3.52. The molecule has 104 valence electrons. The molecule has 0 aromatic carbocycles. The highest BCUT2D eigenvalue weighted by Gasteiger charge is 2.25. The average Bonchev–Trinajstić information content (AvgIpc) is 2.81. The van der Waals surface area contributed by atoms with Crippen molar-refractivity contribution in [2.24, 2.45) is 5.92 Å². The van der Waals surface area contributed by atoms with Gasteiger partial charge in [-0.25, -0.2) is 4.98 Å². The fourth-order valence-electron chi connectivity index (χ4n) is 2.50. The van der Waals surface area contributed by atoms with Crippen LogP contribution in [0.5, 0.6) is 0 Å². The fraction of sp³-hybridized carbons (Fsp3) is 0.571. The maximum atomic E-state index is 12.2. The number of carbonyl (C=O) groups is 1. The summed E-state index contributed by atoms with van der Waals surface area (Å²) in [4.78, 5) is 18.2. The fourth-order valence-corrected chi connectivity index (χ4v) is 2.50. The lowest BCUT2D eigenvalue weighted by molar-refractivity contribution is 0.0917. The number of amides is 1. The molecule has 2 N–H and O–H groups in total. The van der Waals surface area contributed by atoms with Crippen molar-refractivity contribution in [2.75, 3.05) is 25.5 Å². The molecule has 0 aliphatic heterocycles. The van der Waals surface area contributed by atoms with Crippen LogP contribution in [0, 0.1) is 5.92 Å². The largest absolute Gasteiger partial charge is 0.393 e. The van der Waals surface area contributed by atoms with Gasteiger partial charge >= 0.3 is 0 Å². The van der Waals surface area contributed by atoms with Crippen molar-refractivity contribution in [3.8, 4) is 0 Å². The molecule has 2 unspecified atom stereocenters. The molecule has 1 heterocycles. The van der Waals surface area contributed by atoms with Gasteiger partial charge in [-0.05, 0) is 25.0 Å². The third kappa shape index (κ3) is 3.23. The van der Waals surface area contributed by atoms with Gasteiger partial charge in [-0.15, -0.1) is 0 Å². The van der Waals surface area contributed by atoms with Crippen molar-refractivity contribution in [3.05, 3.63) is 23.9 Å². The highest BCUT2D eigenvalue weighted by Crippen LogP contribution is 2.24. The molecule has 0 spiro atoms. The lowest BCUT2D eigenvalue weighted by atomic mass is 10.1. The maximum Gasteiger partial charge on any atom is 0.255 e. The highest BCUT2D eigenvalue weighted by atomic mass is 16.3. The first-order valence-corrected chi connectivity index (χ1v) is 6.68. The van der Waals surface area contributed by atoms with Crippen LogP contribution in [0.15, 0.2) is 18.3 Å². The lowest BCUT2D eigenvalue weighted by Gasteiger charge is -2.18. The highest BCUT2D eigenvalue weighted by molar-refractivity contribution is 5.98. The average molecular weight is 263 g/mol. The molecule has 1 aliphatic rings. The van der Waals surface area contributed by atoms with E-state index in [1.165, 1.54) is 0 Å². The molecule has 2 rings (SSSR count). The van der Waals surface area contributed by atoms with Crippen molar-refractivity contribution in [1.82, 2.24) is 10.3 Å². The molecule has 1 aromatic heterocycles. The summed E-state index contributed by atoms with van der Waals surface area (Å²) < 4.78 is 0. The minimum atomic E-state index is -0.275. The van der Waals surface area contributed by atoms with Crippen LogP contribution in [0.25, 0.3) is 0 Å². The van der Waals surface area contributed by atoms with Crippen molar-refractivity contribution < 1.29 is 9.90 Å². The number of aliphatic hydroxyl groups is 1. The SMILES string of the molecule is CN(C)c1ncccc1C(=O)NCC1CCCC1O. The molecule has 1 amide bonds. The number of nitrogens with one attached hydrogen (secondary N) is 1. The second kappa shape index (κ2) is 6.02. The van der Waals surface area contributed by atoms with Gasteiger partial charge in [-0.2, -0.15) is 0 Å². The van der Waals surface area contributed by atoms with Crippen LogP contribution < -0.4 is 10.2 Å². The zero-order valence-electron chi connectivity index (χ0n) is 11.5. The number of carbonyl (C=O) groups excluding carboxylic acids is 1. The molecular weight excluding hydrogens is 242 g/mol. The van der Waals surface area contributed by atoms with Gasteiger partial charge in [-0.3, -0.25) is 4.79 Å². The molecule has 0 radical (unpaired) electrons. The Labute approximate surface area is 113 Å². The summed E-state index contributed by atoms with van der Waals surface area (Å²) in [6.07, 6.45) is 4.26. The Kier molecular flexibility index (Phi) is 4.37. The number of anilines is 1. The predicted molar refractivity (Wildman–Crippen MR) is 74.2 cm³/mol. The van der Waals surface area contributed by atoms with Gasteiger partial charge in [0.1, 0.15) is 5.82 Å². The van der Waals surface area contributed by atoms with E-state index in [1.54, 1.807) is 18.3 Å². The Morgan fingerprint density at radius 2 is 2.32 bits per heavy atom. The van der Waals surface area contributed by atoms with Crippen LogP contribution in [0.2, 0.25) is 0 Å². The number of hydrogen-bond donors (Lipinski definition) is 2. The maximum absolute atomic E-state index is 12.2. The molecule has 1 fully saturated rings. The Bertz CT molecular complexity index is 448. The zero-order valence-corrected chi connectivity index (χ0v) is 11.5. The van der Waals surface area contributed by atoms with Gasteiger partial charge in [0.15, 0.2) is 0 Å². The van der Waals surface area contributed by atoms with Crippen molar-refractivity contribution >= 4 is 11.7 Å². The Morgan fingerprint density at radius 1 is 1.53 bits per heavy atom. The number of hydrogen-bond acceptors (Lipinski definition) is 4. The second-order valence-electron chi connectivity index (χ2n) is 5.24. The van der Waals surface area contributed by atoms with Crippen LogP contribution in [0.4, 0.5) is 5.82 Å². The number of pyridine rings is 1. The Balaban J connectivity index is 2.00. The zero-order chi connectivity index (χ0) is 13.8. The third-order valence-corrected chi connectivity index (χ3v) is 3.60. The summed E-state index contributed by atoms with van der Waals surface area (Å²) >= 11 is 0. The summed E-state index contributed by atoms with van der Waals surface area (Å²) in [7, 11) is 3.72. The minimum absolute atomic E-state index is 0.129. The van der Waals surface area contributed by atoms with Crippen molar-refractivity contribution in [2.45, 2.75) is 25.4 Å². The summed E-state index contributed by atoms with van der Waals surface area (Å²) in [5.74, 6) is 0.714. The molecule has 1 aromatic rings. The van der Waals surface area contributed by atoms with E-state index in [2.05, 4.69) is 10.3 Å². The van der Waals surface area contributed by atoms with Crippen molar-refractivity contribution in [3.63, 3.8) is 0 Å². The quantitative estimate of drug-likeness (QED) is 0.852. The van der Waals surface area contributed by atoms with Gasteiger partial charge in [0, 0.05) is 32.8 Å². The van der Waals surface area contributed by atoms with Gasteiger partial charge in [0.05, 0.1) is 11.7 Å². The standard InChI is InChI=1S/C14H21N3O2/c1-17(2)13-11(6-4-8-15-13)14(19)16-9-10-5-3-7-12(10)18/h4,6,8,10,12,18H,3,5,7,9H2,1-2H3,(H,16,19). The first-order valence-electron chi connectivity index (χ1n) is 6.68. The summed E-state index contributed by atoms with van der Waals surface area (Å²) in [5.41, 5.74) is 0.569. The van der Waals surface area contributed by atoms with E-state index >= 15 is 0 Å². The lowest BCUT2D eigenvalue weighted by Crippen LogP contribution is -2.33. The van der Waals surface area contributed by atoms with Crippen LogP contribution in [0.1, 0.15) is 29.6 Å². The first kappa shape index (κ1) is 13.8. The van der Waals surface area contributed by atoms with E-state index in [-0.39, 0.29) is 17.9 Å². The monoisotopic (exact) mass is 263 g/mol. The molecule has 1 saturated carbocycles. The summed E-state index contributed by atoms with van der Waals surface area (Å²) in [6.45, 7) is 0.530. The molecule has 5 heteroatoms. The molecule has 0 saturated heterocycles. The van der Waals surface area contributed by atoms with E-state index in [4.69, 9.17) is 0 Å². The van der Waals surface area contributed by atoms with Gasteiger partial charge in [0.2, 0.25) is 0 Å². The van der Waals surface area contributed by atoms with E-state index in [0.29, 0.717) is 17.9 Å². The predicted octanol–water partition coefficient (Wildman–Crippen LogP) is 1.04. The topological polar surface area (TPSA) is 65.5 Å². The Morgan fingerprint density at radius 3 is 2.95 bits per heavy atom. The molecule has 0 bridgehead atoms. The van der Waals surface area contributed by atoms with Gasteiger partial charge in [-0.1, -0.05) is 6.42 Å². The van der Waals surface area contributed by atoms with Crippen molar-refractivity contribution in [1.29, 1.82) is 0 Å². The molecule has 2 atom stereocenters. The minimum Gasteiger partial charge on any atom is -0.393 e. The second-order valence-corrected chi connectivity index (χ2v) is 5.24. The third-order valence-electron chi connectivity index (χ3n) is 3.60. The van der Waals surface area contributed by atoms with E-state index in [1.807, 2.05) is 19.0 Å². The van der Waals surface area contributed by atoms with Crippen LogP contribution in [-0.4, -0.2) is 42.7 Å². The van der Waals surface area contributed by atoms with Crippen LogP contribution in [-0.2, 0) is 0 Å². The van der Waals surface area contributed by atoms with E-state index < -0.39 is 0 Å². The number of nitrogens with zero attached hydrogens (tertiary/aromatic N) is 2. The van der Waals surface area contributed by atoms with E-state index in [0.717, 1.165) is 19.3 Å². The molecule has 5 nitrogen and oxygen atoms in total. The number of aliphatic hydroxyl groups excluding tert-OH is 1. The number of rotatable bonds is 4.